The normalized spacial score (nSPS) is 1.41. The van der Waals surface area contributed by atoms with Gasteiger partial charge in [-0.2, -0.15) is 0 Å². The zero-order valence-electron chi connectivity index (χ0n) is 9.22. The van der Waals surface area contributed by atoms with E-state index < -0.39 is 6.16 Å². The van der Waals surface area contributed by atoms with E-state index in [2.05, 4.69) is 0 Å². The van der Waals surface area contributed by atoms with Gasteiger partial charge in [-0.15, -0.1) is 0 Å². The number of carbonyl (C=O) groups excluding carboxylic acids is 1. The van der Waals surface area contributed by atoms with Crippen LogP contribution in [-0.4, -0.2) is 66.4 Å². The van der Waals surface area contributed by atoms with E-state index in [1.54, 1.807) is 0 Å². The van der Waals surface area contributed by atoms with Gasteiger partial charge in [0.2, 0.25) is 0 Å². The maximum atomic E-state index is 8.33. The zero-order chi connectivity index (χ0) is 3.58. The topological polar surface area (TPSA) is 410 Å². The summed E-state index contributed by atoms with van der Waals surface area (Å²) in [6.07, 6.45) is -2.33. The molecule has 112 valence electrons. The van der Waals surface area contributed by atoms with Gasteiger partial charge in [-0.1, -0.05) is 0 Å². The van der Waals surface area contributed by atoms with Crippen molar-refractivity contribution < 1.29 is 134 Å². The molecule has 0 aliphatic rings. The minimum atomic E-state index is -2.33. The molecule has 0 aromatic heterocycles. The van der Waals surface area contributed by atoms with Gasteiger partial charge >= 0.3 is 59.1 Å². The van der Waals surface area contributed by atoms with Gasteiger partial charge in [-0.25, -0.2) is 0 Å². The van der Waals surface area contributed by atoms with Crippen molar-refractivity contribution in [3.05, 3.63) is 0 Å². The minimum Gasteiger partial charge on any atom is -0.652 e. The fraction of sp³-hybridized carbons (Fsp3) is 0. The molecule has 0 aliphatic heterocycles. The number of carbonyl (C=O) groups is 1. The Labute approximate surface area is 140 Å². The van der Waals surface area contributed by atoms with E-state index in [-0.39, 0.29) is 119 Å². The van der Waals surface area contributed by atoms with Crippen molar-refractivity contribution in [1.29, 1.82) is 0 Å². The van der Waals surface area contributed by atoms with Crippen LogP contribution in [-0.2, 0) is 0 Å². The Hall–Kier alpha value is 0.830. The zero-order valence-corrected chi connectivity index (χ0v) is 13.2. The summed E-state index contributed by atoms with van der Waals surface area (Å²) in [4.78, 5) is 8.33. The molecule has 0 fully saturated rings. The van der Waals surface area contributed by atoms with Crippen LogP contribution in [0.2, 0.25) is 0 Å². The van der Waals surface area contributed by atoms with E-state index in [0.717, 1.165) is 0 Å². The van der Waals surface area contributed by atoms with Crippen molar-refractivity contribution >= 4 is 6.16 Å². The Morgan fingerprint density at radius 3 is 0.471 bits per heavy atom. The second-order valence-electron chi connectivity index (χ2n) is 0.250. The van der Waals surface area contributed by atoms with Gasteiger partial charge < -0.3 is 75.2 Å². The van der Waals surface area contributed by atoms with E-state index >= 15 is 0 Å². The Bertz CT molecular complexity index is 37.2. The van der Waals surface area contributed by atoms with E-state index in [9.17, 15) is 0 Å². The largest absolute Gasteiger partial charge is 1.00 e. The summed E-state index contributed by atoms with van der Waals surface area (Å²) in [5.41, 5.74) is 0. The Balaban J connectivity index is -0.000000000577. The fourth-order valence-corrected chi connectivity index (χ4v) is 0. The molecular weight excluding hydrogens is 282 g/mol. The summed E-state index contributed by atoms with van der Waals surface area (Å²) in [7, 11) is 0. The summed E-state index contributed by atoms with van der Waals surface area (Å²) in [5.74, 6) is 0. The molecule has 0 rings (SSSR count). The first-order valence-electron chi connectivity index (χ1n) is 0.612. The first-order chi connectivity index (χ1) is 1.73. The molecule has 14 nitrogen and oxygen atoms in total. The van der Waals surface area contributed by atoms with Crippen molar-refractivity contribution in [2.24, 2.45) is 0 Å². The molecule has 17 heavy (non-hydrogen) atoms. The van der Waals surface area contributed by atoms with Crippen LogP contribution in [0.1, 0.15) is 0 Å². The number of hydrogen-bond acceptors (Lipinski definition) is 3. The standard InChI is InChI=1S/CH2O3.2Na.11H2O/c2-1(3)4;;;;;;;;;;;;;/h(H2,2,3,4);;;11*1H2/q;2*+1;;;;;;;;;;;/p-2. The second kappa shape index (κ2) is 288. The molecule has 0 bridgehead atoms. The number of carboxylic acid groups (broad SMARTS) is 2. The van der Waals surface area contributed by atoms with E-state index in [1.807, 2.05) is 0 Å². The van der Waals surface area contributed by atoms with Crippen LogP contribution in [0, 0.1) is 0 Å². The molecule has 0 unspecified atom stereocenters. The van der Waals surface area contributed by atoms with Crippen molar-refractivity contribution in [2.45, 2.75) is 0 Å². The van der Waals surface area contributed by atoms with Gasteiger partial charge in [0.05, 0.1) is 0 Å². The van der Waals surface area contributed by atoms with Crippen molar-refractivity contribution in [3.8, 4) is 0 Å². The molecule has 16 heteroatoms. The summed E-state index contributed by atoms with van der Waals surface area (Å²) >= 11 is 0. The molecule has 0 spiro atoms. The Kier molecular flexibility index (Phi) is 5820. The van der Waals surface area contributed by atoms with E-state index in [4.69, 9.17) is 15.0 Å². The number of hydrogen-bond donors (Lipinski definition) is 0. The van der Waals surface area contributed by atoms with Crippen LogP contribution in [0.15, 0.2) is 0 Å². The van der Waals surface area contributed by atoms with Crippen LogP contribution >= 0.6 is 0 Å². The van der Waals surface area contributed by atoms with E-state index in [0.29, 0.717) is 0 Å². The molecule has 22 N–H and O–H groups in total. The van der Waals surface area contributed by atoms with Crippen LogP contribution in [0.25, 0.3) is 0 Å². The van der Waals surface area contributed by atoms with Crippen LogP contribution in [0.5, 0.6) is 0 Å². The van der Waals surface area contributed by atoms with Gasteiger partial charge in [0, 0.05) is 0 Å². The third kappa shape index (κ3) is 5370. The molecule has 0 heterocycles. The Morgan fingerprint density at radius 2 is 0.471 bits per heavy atom. The monoisotopic (exact) mass is 304 g/mol. The molecule has 0 aromatic carbocycles. The summed E-state index contributed by atoms with van der Waals surface area (Å²) < 4.78 is 0. The minimum absolute atomic E-state index is 0. The maximum Gasteiger partial charge on any atom is 1.00 e. The number of rotatable bonds is 0. The predicted molar refractivity (Wildman–Crippen MR) is 45.1 cm³/mol. The van der Waals surface area contributed by atoms with E-state index in [1.165, 1.54) is 0 Å². The van der Waals surface area contributed by atoms with Crippen molar-refractivity contribution in [2.75, 3.05) is 0 Å². The maximum absolute atomic E-state index is 8.33. The van der Waals surface area contributed by atoms with Gasteiger partial charge in [-0.05, 0) is 6.16 Å². The molecule has 0 saturated heterocycles. The van der Waals surface area contributed by atoms with Crippen molar-refractivity contribution in [1.82, 2.24) is 0 Å². The molecule has 0 aromatic rings. The molecular formula is CH22Na2O14. The summed E-state index contributed by atoms with van der Waals surface area (Å²) in [5, 5.41) is 16.7. The first kappa shape index (κ1) is 344. The second-order valence-corrected chi connectivity index (χ2v) is 0.250. The summed E-state index contributed by atoms with van der Waals surface area (Å²) in [6.45, 7) is 0. The SMILES string of the molecule is O.O.O.O.O.O.O.O.O.O.O.O=C([O-])[O-].[Na+].[Na+]. The van der Waals surface area contributed by atoms with Crippen LogP contribution in [0.4, 0.5) is 4.79 Å². The first-order valence-corrected chi connectivity index (χ1v) is 0.612. The predicted octanol–water partition coefficient (Wildman–Crippen LogP) is -17.5. The average Bonchev–Trinajstić information content (AvgIpc) is 0.811. The van der Waals surface area contributed by atoms with Crippen LogP contribution < -0.4 is 69.3 Å². The third-order valence-corrected chi connectivity index (χ3v) is 0. The molecule has 0 radical (unpaired) electrons. The average molecular weight is 304 g/mol. The Morgan fingerprint density at radius 1 is 0.471 bits per heavy atom. The fourth-order valence-electron chi connectivity index (χ4n) is 0. The molecule has 0 saturated carbocycles. The smallest absolute Gasteiger partial charge is 0.652 e. The van der Waals surface area contributed by atoms with Gasteiger partial charge in [0.1, 0.15) is 0 Å². The van der Waals surface area contributed by atoms with Gasteiger partial charge in [0.25, 0.3) is 0 Å². The summed E-state index contributed by atoms with van der Waals surface area (Å²) in [6, 6.07) is 0. The quantitative estimate of drug-likeness (QED) is 0.393. The molecule has 0 atom stereocenters. The third-order valence-electron chi connectivity index (χ3n) is 0. The van der Waals surface area contributed by atoms with Crippen molar-refractivity contribution in [3.63, 3.8) is 0 Å². The van der Waals surface area contributed by atoms with Crippen LogP contribution in [0.3, 0.4) is 0 Å². The van der Waals surface area contributed by atoms with Gasteiger partial charge in [-0.3, -0.25) is 0 Å². The molecule has 0 amide bonds. The molecule has 0 aliphatic carbocycles. The van der Waals surface area contributed by atoms with Gasteiger partial charge in [0.15, 0.2) is 0 Å².